The maximum absolute atomic E-state index is 12.2. The zero-order valence-corrected chi connectivity index (χ0v) is 12.7. The summed E-state index contributed by atoms with van der Waals surface area (Å²) in [5, 5.41) is 2.92. The van der Waals surface area contributed by atoms with Gasteiger partial charge in [0.1, 0.15) is 0 Å². The second kappa shape index (κ2) is 4.94. The minimum Gasteiger partial charge on any atom is -0.398 e. The molecule has 0 bridgehead atoms. The number of halogens is 1. The predicted octanol–water partition coefficient (Wildman–Crippen LogP) is 3.62. The van der Waals surface area contributed by atoms with Crippen molar-refractivity contribution >= 4 is 33.2 Å². The van der Waals surface area contributed by atoms with Gasteiger partial charge in [-0.25, -0.2) is 0 Å². The van der Waals surface area contributed by atoms with Crippen molar-refractivity contribution in [1.82, 2.24) is 0 Å². The highest BCUT2D eigenvalue weighted by Gasteiger charge is 2.31. The maximum Gasteiger partial charge on any atom is 0.232 e. The molecule has 0 saturated heterocycles. The summed E-state index contributed by atoms with van der Waals surface area (Å²) in [5.74, 6) is -0.108. The molecule has 2 aromatic rings. The normalized spacial score (nSPS) is 16.9. The minimum atomic E-state index is -0.150. The molecule has 0 saturated carbocycles. The third-order valence-electron chi connectivity index (χ3n) is 3.80. The summed E-state index contributed by atoms with van der Waals surface area (Å²) in [6, 6.07) is 11.9. The van der Waals surface area contributed by atoms with Gasteiger partial charge in [0.05, 0.1) is 5.92 Å². The Hall–Kier alpha value is -1.81. The number of rotatable bonds is 2. The van der Waals surface area contributed by atoms with Crippen LogP contribution in [0.4, 0.5) is 11.4 Å². The third-order valence-corrected chi connectivity index (χ3v) is 4.49. The van der Waals surface area contributed by atoms with Crippen LogP contribution in [0.5, 0.6) is 0 Å². The lowest BCUT2D eigenvalue weighted by molar-refractivity contribution is -0.117. The van der Waals surface area contributed by atoms with Crippen molar-refractivity contribution in [3.8, 4) is 0 Å². The van der Waals surface area contributed by atoms with E-state index in [-0.39, 0.29) is 11.8 Å². The summed E-state index contributed by atoms with van der Waals surface area (Å²) in [7, 11) is 0. The summed E-state index contributed by atoms with van der Waals surface area (Å²) < 4.78 is 0.836. The van der Waals surface area contributed by atoms with E-state index in [2.05, 4.69) is 40.3 Å². The van der Waals surface area contributed by atoms with E-state index in [4.69, 9.17) is 5.73 Å². The molecule has 3 nitrogen and oxygen atoms in total. The number of aryl methyl sites for hydroxylation is 1. The summed E-state index contributed by atoms with van der Waals surface area (Å²) in [5.41, 5.74) is 10.8. The molecule has 3 rings (SSSR count). The fraction of sp³-hybridized carbons (Fsp3) is 0.188. The van der Waals surface area contributed by atoms with Gasteiger partial charge in [-0.2, -0.15) is 0 Å². The summed E-state index contributed by atoms with van der Waals surface area (Å²) in [4.78, 5) is 12.2. The van der Waals surface area contributed by atoms with Crippen molar-refractivity contribution in [2.24, 2.45) is 0 Å². The number of fused-ring (bicyclic) bond motifs is 1. The molecule has 1 atom stereocenters. The number of hydrogen-bond acceptors (Lipinski definition) is 2. The summed E-state index contributed by atoms with van der Waals surface area (Å²) in [6.45, 7) is 2.07. The van der Waals surface area contributed by atoms with Crippen molar-refractivity contribution in [1.29, 1.82) is 0 Å². The van der Waals surface area contributed by atoms with Crippen LogP contribution in [0.3, 0.4) is 0 Å². The van der Waals surface area contributed by atoms with E-state index >= 15 is 0 Å². The maximum atomic E-state index is 12.2. The molecule has 0 radical (unpaired) electrons. The van der Waals surface area contributed by atoms with Crippen LogP contribution in [0.25, 0.3) is 0 Å². The molecule has 1 unspecified atom stereocenters. The van der Waals surface area contributed by atoms with Gasteiger partial charge in [-0.15, -0.1) is 0 Å². The van der Waals surface area contributed by atoms with Gasteiger partial charge < -0.3 is 11.1 Å². The molecule has 0 fully saturated rings. The predicted molar refractivity (Wildman–Crippen MR) is 84.8 cm³/mol. The van der Waals surface area contributed by atoms with Gasteiger partial charge in [-0.05, 0) is 58.1 Å². The number of nitrogen functional groups attached to an aromatic ring is 1. The van der Waals surface area contributed by atoms with E-state index in [0.717, 1.165) is 15.7 Å². The standard InChI is InChI=1S/C16H15BrN2O/c1-9-4-2-3-5-10(9)6-12-11-7-13(17)14(18)8-15(11)19-16(12)20/h2-5,7-8,12H,6,18H2,1H3,(H,19,20). The van der Waals surface area contributed by atoms with E-state index in [0.29, 0.717) is 12.1 Å². The van der Waals surface area contributed by atoms with Gasteiger partial charge in [-0.3, -0.25) is 4.79 Å². The smallest absolute Gasteiger partial charge is 0.232 e. The highest BCUT2D eigenvalue weighted by Crippen LogP contribution is 2.39. The van der Waals surface area contributed by atoms with Gasteiger partial charge in [0, 0.05) is 15.8 Å². The number of nitrogens with one attached hydrogen (secondary N) is 1. The molecule has 0 spiro atoms. The highest BCUT2D eigenvalue weighted by atomic mass is 79.9. The minimum absolute atomic E-state index is 0.0424. The third kappa shape index (κ3) is 2.20. The van der Waals surface area contributed by atoms with E-state index in [1.54, 1.807) is 0 Å². The number of benzene rings is 2. The van der Waals surface area contributed by atoms with Gasteiger partial charge >= 0.3 is 0 Å². The molecule has 3 N–H and O–H groups in total. The molecule has 0 aromatic heterocycles. The van der Waals surface area contributed by atoms with Crippen molar-refractivity contribution in [2.45, 2.75) is 19.3 Å². The second-order valence-corrected chi connectivity index (χ2v) is 5.99. The Kier molecular flexibility index (Phi) is 3.26. The van der Waals surface area contributed by atoms with Gasteiger partial charge in [0.2, 0.25) is 5.91 Å². The molecule has 1 heterocycles. The first-order valence-corrected chi connectivity index (χ1v) is 7.30. The Labute approximate surface area is 126 Å². The molecular formula is C16H15BrN2O. The van der Waals surface area contributed by atoms with Crippen molar-refractivity contribution in [2.75, 3.05) is 11.1 Å². The first-order valence-electron chi connectivity index (χ1n) is 6.50. The lowest BCUT2D eigenvalue weighted by Gasteiger charge is -2.12. The van der Waals surface area contributed by atoms with Gasteiger partial charge in [-0.1, -0.05) is 24.3 Å². The fourth-order valence-electron chi connectivity index (χ4n) is 2.62. The Balaban J connectivity index is 1.99. The fourth-order valence-corrected chi connectivity index (χ4v) is 2.99. The molecule has 2 aromatic carbocycles. The Morgan fingerprint density at radius 2 is 2.05 bits per heavy atom. The van der Waals surface area contributed by atoms with Crippen LogP contribution in [-0.4, -0.2) is 5.91 Å². The average Bonchev–Trinajstić information content (AvgIpc) is 2.69. The zero-order chi connectivity index (χ0) is 14.3. The number of amides is 1. The van der Waals surface area contributed by atoms with Crippen LogP contribution in [0.15, 0.2) is 40.9 Å². The first kappa shape index (κ1) is 13.2. The van der Waals surface area contributed by atoms with E-state index < -0.39 is 0 Å². The topological polar surface area (TPSA) is 55.1 Å². The largest absolute Gasteiger partial charge is 0.398 e. The van der Waals surface area contributed by atoms with E-state index in [1.165, 1.54) is 11.1 Å². The highest BCUT2D eigenvalue weighted by molar-refractivity contribution is 9.10. The SMILES string of the molecule is Cc1ccccc1CC1C(=O)Nc2cc(N)c(Br)cc21. The van der Waals surface area contributed by atoms with Crippen molar-refractivity contribution < 1.29 is 4.79 Å². The number of nitrogens with two attached hydrogens (primary N) is 1. The molecule has 20 heavy (non-hydrogen) atoms. The van der Waals surface area contributed by atoms with Gasteiger partial charge in [0.15, 0.2) is 0 Å². The molecule has 1 aliphatic heterocycles. The summed E-state index contributed by atoms with van der Waals surface area (Å²) >= 11 is 3.43. The van der Waals surface area contributed by atoms with Gasteiger partial charge in [0.25, 0.3) is 0 Å². The molecule has 102 valence electrons. The van der Waals surface area contributed by atoms with Crippen LogP contribution >= 0.6 is 15.9 Å². The number of hydrogen-bond donors (Lipinski definition) is 2. The second-order valence-electron chi connectivity index (χ2n) is 5.13. The molecule has 0 aliphatic carbocycles. The van der Waals surface area contributed by atoms with Crippen LogP contribution in [0.2, 0.25) is 0 Å². The Bertz CT molecular complexity index is 697. The molecular weight excluding hydrogens is 316 g/mol. The van der Waals surface area contributed by atoms with E-state index in [1.807, 2.05) is 24.3 Å². The first-order chi connectivity index (χ1) is 9.56. The van der Waals surface area contributed by atoms with Crippen LogP contribution in [-0.2, 0) is 11.2 Å². The van der Waals surface area contributed by atoms with Crippen molar-refractivity contribution in [3.63, 3.8) is 0 Å². The number of carbonyl (C=O) groups is 1. The quantitative estimate of drug-likeness (QED) is 0.826. The van der Waals surface area contributed by atoms with Crippen LogP contribution in [0.1, 0.15) is 22.6 Å². The number of carbonyl (C=O) groups excluding carboxylic acids is 1. The summed E-state index contributed by atoms with van der Waals surface area (Å²) in [6.07, 6.45) is 0.710. The molecule has 1 amide bonds. The Morgan fingerprint density at radius 3 is 2.80 bits per heavy atom. The monoisotopic (exact) mass is 330 g/mol. The molecule has 1 aliphatic rings. The van der Waals surface area contributed by atoms with Crippen molar-refractivity contribution in [3.05, 3.63) is 57.6 Å². The number of anilines is 2. The van der Waals surface area contributed by atoms with Crippen LogP contribution in [0, 0.1) is 6.92 Å². The lowest BCUT2D eigenvalue weighted by atomic mass is 9.91. The zero-order valence-electron chi connectivity index (χ0n) is 11.1. The Morgan fingerprint density at radius 1 is 1.30 bits per heavy atom. The lowest BCUT2D eigenvalue weighted by Crippen LogP contribution is -2.14. The van der Waals surface area contributed by atoms with Crippen LogP contribution < -0.4 is 11.1 Å². The molecule has 4 heteroatoms. The average molecular weight is 331 g/mol. The van der Waals surface area contributed by atoms with E-state index in [9.17, 15) is 4.79 Å².